The van der Waals surface area contributed by atoms with Gasteiger partial charge in [-0.15, -0.1) is 0 Å². The molecule has 0 unspecified atom stereocenters. The number of para-hydroxylation sites is 5. The van der Waals surface area contributed by atoms with E-state index in [0.717, 1.165) is 99.3 Å². The van der Waals surface area contributed by atoms with Gasteiger partial charge in [-0.25, -0.2) is 9.97 Å². The first kappa shape index (κ1) is 27.9. The van der Waals surface area contributed by atoms with E-state index in [1.807, 2.05) is 36.4 Å². The number of benzene rings is 8. The smallest absolute Gasteiger partial charge is 0.165 e. The summed E-state index contributed by atoms with van der Waals surface area (Å²) in [5, 5.41) is 7.78. The highest BCUT2D eigenvalue weighted by molar-refractivity contribution is 6.21. The van der Waals surface area contributed by atoms with Crippen molar-refractivity contribution >= 4 is 93.6 Å². The van der Waals surface area contributed by atoms with Gasteiger partial charge in [0, 0.05) is 49.1 Å². The van der Waals surface area contributed by atoms with Gasteiger partial charge in [0.15, 0.2) is 5.65 Å². The summed E-state index contributed by atoms with van der Waals surface area (Å²) in [5.74, 6) is 0. The molecule has 0 fully saturated rings. The molecule has 3 heterocycles. The monoisotopic (exact) mass is 652 g/mol. The second-order valence-corrected chi connectivity index (χ2v) is 13.0. The lowest BCUT2D eigenvalue weighted by atomic mass is 9.96. The fraction of sp³-hybridized carbons (Fsp3) is 0. The largest absolute Gasteiger partial charge is 0.456 e. The molecule has 0 atom stereocenters. The molecule has 0 saturated carbocycles. The molecule has 0 N–H and O–H groups in total. The van der Waals surface area contributed by atoms with E-state index in [-0.39, 0.29) is 0 Å². The highest BCUT2D eigenvalue weighted by Crippen LogP contribution is 2.48. The molecule has 0 saturated heterocycles. The number of hydrogen-bond donors (Lipinski definition) is 0. The summed E-state index contributed by atoms with van der Waals surface area (Å²) in [6.07, 6.45) is 0. The van der Waals surface area contributed by atoms with Gasteiger partial charge < -0.3 is 9.32 Å². The van der Waals surface area contributed by atoms with Gasteiger partial charge >= 0.3 is 0 Å². The second kappa shape index (κ2) is 10.8. The molecule has 3 aromatic heterocycles. The van der Waals surface area contributed by atoms with E-state index in [1.54, 1.807) is 0 Å². The van der Waals surface area contributed by atoms with Crippen LogP contribution >= 0.6 is 0 Å². The van der Waals surface area contributed by atoms with Gasteiger partial charge in [0.05, 0.1) is 27.9 Å². The van der Waals surface area contributed by atoms with Crippen molar-refractivity contribution in [3.63, 3.8) is 0 Å². The van der Waals surface area contributed by atoms with E-state index in [1.165, 1.54) is 0 Å². The highest BCUT2D eigenvalue weighted by atomic mass is 16.3. The normalized spacial score (nSPS) is 11.9. The van der Waals surface area contributed by atoms with Gasteiger partial charge in [0.1, 0.15) is 16.7 Å². The molecule has 238 valence electrons. The number of fused-ring (bicyclic) bond motifs is 9. The Morgan fingerprint density at radius 2 is 1.00 bits per heavy atom. The van der Waals surface area contributed by atoms with E-state index in [4.69, 9.17) is 14.4 Å². The summed E-state index contributed by atoms with van der Waals surface area (Å²) < 4.78 is 8.59. The molecule has 0 aliphatic rings. The summed E-state index contributed by atoms with van der Waals surface area (Å²) in [7, 11) is 0. The Kier molecular flexibility index (Phi) is 5.89. The molecule has 5 heteroatoms. The number of furan rings is 1. The summed E-state index contributed by atoms with van der Waals surface area (Å²) in [5.41, 5.74) is 10.7. The SMILES string of the molecule is c1ccc(N(c2ccc3oc4ccccc4c3c2)c2c3ccccc3c(-n3c4ccccc4c4nc5ccccc5nc43)c3ccccc23)cc1. The third kappa shape index (κ3) is 4.09. The minimum Gasteiger partial charge on any atom is -0.456 e. The van der Waals surface area contributed by atoms with E-state index in [9.17, 15) is 0 Å². The van der Waals surface area contributed by atoms with Crippen molar-refractivity contribution in [1.29, 1.82) is 0 Å². The lowest BCUT2D eigenvalue weighted by Gasteiger charge is -2.29. The Morgan fingerprint density at radius 1 is 0.431 bits per heavy atom. The van der Waals surface area contributed by atoms with Crippen LogP contribution < -0.4 is 4.90 Å². The molecule has 0 spiro atoms. The van der Waals surface area contributed by atoms with Gasteiger partial charge in [0.25, 0.3) is 0 Å². The van der Waals surface area contributed by atoms with Crippen LogP contribution in [0.25, 0.3) is 82.3 Å². The predicted octanol–water partition coefficient (Wildman–Crippen LogP) is 12.4. The molecule has 0 amide bonds. The Bertz CT molecular complexity index is 3100. The fourth-order valence-corrected chi connectivity index (χ4v) is 7.94. The zero-order chi connectivity index (χ0) is 33.5. The van der Waals surface area contributed by atoms with Gasteiger partial charge in [-0.2, -0.15) is 0 Å². The molecule has 0 bridgehead atoms. The number of anilines is 3. The van der Waals surface area contributed by atoms with Gasteiger partial charge in [-0.1, -0.05) is 115 Å². The van der Waals surface area contributed by atoms with E-state index < -0.39 is 0 Å². The fourth-order valence-electron chi connectivity index (χ4n) is 7.94. The van der Waals surface area contributed by atoms with E-state index in [0.29, 0.717) is 0 Å². The van der Waals surface area contributed by atoms with Crippen molar-refractivity contribution < 1.29 is 4.42 Å². The topological polar surface area (TPSA) is 47.1 Å². The molecule has 11 rings (SSSR count). The number of nitrogens with zero attached hydrogens (tertiary/aromatic N) is 4. The lowest BCUT2D eigenvalue weighted by molar-refractivity contribution is 0.669. The standard InChI is InChI=1S/C46H28N4O/c1-2-14-29(15-3-1)49(30-26-27-42-37(28-30)31-16-9-13-25-41(31)51-42)44-32-17-4-6-19-34(32)45(35-20-7-5-18-33(35)44)50-40-24-12-8-21-36(40)43-46(50)48-39-23-11-10-22-38(39)47-43/h1-28H. The average Bonchev–Trinajstić information content (AvgIpc) is 3.72. The maximum absolute atomic E-state index is 6.26. The molecule has 5 nitrogen and oxygen atoms in total. The average molecular weight is 653 g/mol. The number of aromatic nitrogens is 3. The second-order valence-electron chi connectivity index (χ2n) is 13.0. The summed E-state index contributed by atoms with van der Waals surface area (Å²) in [4.78, 5) is 12.9. The van der Waals surface area contributed by atoms with Crippen LogP contribution in [0.15, 0.2) is 174 Å². The summed E-state index contributed by atoms with van der Waals surface area (Å²) >= 11 is 0. The Balaban J connectivity index is 1.28. The van der Waals surface area contributed by atoms with Gasteiger partial charge in [-0.3, -0.25) is 4.57 Å². The van der Waals surface area contributed by atoms with Crippen LogP contribution in [0.1, 0.15) is 0 Å². The molecule has 51 heavy (non-hydrogen) atoms. The Labute approximate surface area is 292 Å². The molecule has 8 aromatic carbocycles. The predicted molar refractivity (Wildman–Crippen MR) is 211 cm³/mol. The third-order valence-electron chi connectivity index (χ3n) is 10.1. The van der Waals surface area contributed by atoms with Gasteiger partial charge in [0.2, 0.25) is 0 Å². The lowest BCUT2D eigenvalue weighted by Crippen LogP contribution is -2.12. The molecular formula is C46H28N4O. The van der Waals surface area contributed by atoms with Crippen LogP contribution in [0.4, 0.5) is 17.1 Å². The van der Waals surface area contributed by atoms with Crippen LogP contribution in [0, 0.1) is 0 Å². The Hall–Kier alpha value is -6.98. The minimum absolute atomic E-state index is 0.843. The summed E-state index contributed by atoms with van der Waals surface area (Å²) in [6.45, 7) is 0. The van der Waals surface area contributed by atoms with Crippen LogP contribution in [0.3, 0.4) is 0 Å². The number of rotatable bonds is 4. The van der Waals surface area contributed by atoms with E-state index in [2.05, 4.69) is 143 Å². The zero-order valence-corrected chi connectivity index (χ0v) is 27.4. The van der Waals surface area contributed by atoms with Crippen LogP contribution in [0.5, 0.6) is 0 Å². The van der Waals surface area contributed by atoms with Crippen LogP contribution in [-0.2, 0) is 0 Å². The van der Waals surface area contributed by atoms with Crippen molar-refractivity contribution in [3.8, 4) is 5.69 Å². The molecular weight excluding hydrogens is 625 g/mol. The minimum atomic E-state index is 0.843. The third-order valence-corrected chi connectivity index (χ3v) is 10.1. The molecule has 0 radical (unpaired) electrons. The van der Waals surface area contributed by atoms with Crippen LogP contribution in [-0.4, -0.2) is 14.5 Å². The molecule has 0 aliphatic heterocycles. The maximum atomic E-state index is 6.26. The van der Waals surface area contributed by atoms with Crippen molar-refractivity contribution in [1.82, 2.24) is 14.5 Å². The maximum Gasteiger partial charge on any atom is 0.165 e. The first-order valence-electron chi connectivity index (χ1n) is 17.2. The molecule has 11 aromatic rings. The quantitative estimate of drug-likeness (QED) is 0.178. The van der Waals surface area contributed by atoms with Crippen molar-refractivity contribution in [3.05, 3.63) is 170 Å². The Morgan fingerprint density at radius 3 is 1.75 bits per heavy atom. The number of hydrogen-bond acceptors (Lipinski definition) is 4. The zero-order valence-electron chi connectivity index (χ0n) is 27.4. The van der Waals surface area contributed by atoms with Gasteiger partial charge in [-0.05, 0) is 54.6 Å². The van der Waals surface area contributed by atoms with Crippen LogP contribution in [0.2, 0.25) is 0 Å². The van der Waals surface area contributed by atoms with Crippen molar-refractivity contribution in [2.75, 3.05) is 4.90 Å². The molecule has 0 aliphatic carbocycles. The highest BCUT2D eigenvalue weighted by Gasteiger charge is 2.25. The van der Waals surface area contributed by atoms with Crippen molar-refractivity contribution in [2.24, 2.45) is 0 Å². The summed E-state index contributed by atoms with van der Waals surface area (Å²) in [6, 6.07) is 59.6. The first-order valence-corrected chi connectivity index (χ1v) is 17.2. The van der Waals surface area contributed by atoms with E-state index >= 15 is 0 Å². The van der Waals surface area contributed by atoms with Crippen molar-refractivity contribution in [2.45, 2.75) is 0 Å². The first-order chi connectivity index (χ1) is 25.3.